The number of benzene rings is 1. The van der Waals surface area contributed by atoms with Crippen LogP contribution in [0.15, 0.2) is 39.9 Å². The number of hydrogen-bond acceptors (Lipinski definition) is 9. The lowest BCUT2D eigenvalue weighted by Crippen LogP contribution is -2.49. The van der Waals surface area contributed by atoms with E-state index >= 15 is 0 Å². The van der Waals surface area contributed by atoms with Crippen molar-refractivity contribution >= 4 is 27.9 Å². The van der Waals surface area contributed by atoms with E-state index in [0.717, 1.165) is 36.0 Å². The summed E-state index contributed by atoms with van der Waals surface area (Å²) in [5.41, 5.74) is 0.194. The summed E-state index contributed by atoms with van der Waals surface area (Å²) >= 11 is 0. The van der Waals surface area contributed by atoms with E-state index in [-0.39, 0.29) is 11.2 Å². The number of aromatic nitrogens is 2. The first-order chi connectivity index (χ1) is 16.3. The molecule has 0 aliphatic carbocycles. The molecule has 13 nitrogen and oxygen atoms in total. The number of anilines is 1. The fourth-order valence-electron chi connectivity index (χ4n) is 3.46. The highest BCUT2D eigenvalue weighted by molar-refractivity contribution is 7.86. The molecule has 3 rings (SSSR count). The van der Waals surface area contributed by atoms with Gasteiger partial charge in [0.05, 0.1) is 6.26 Å². The van der Waals surface area contributed by atoms with Crippen LogP contribution in [0.3, 0.4) is 0 Å². The Kier molecular flexibility index (Phi) is 9.19. The summed E-state index contributed by atoms with van der Waals surface area (Å²) < 4.78 is 30.5. The highest BCUT2D eigenvalue weighted by atomic mass is 32.2. The van der Waals surface area contributed by atoms with Crippen molar-refractivity contribution in [3.05, 3.63) is 56.7 Å². The topological polar surface area (TPSA) is 168 Å². The maximum absolute atomic E-state index is 12.1. The molecule has 1 aromatic heterocycles. The molecular weight excluding hydrogens is 484 g/mol. The van der Waals surface area contributed by atoms with E-state index in [1.54, 1.807) is 19.2 Å². The van der Waals surface area contributed by atoms with Gasteiger partial charge in [0.2, 0.25) is 0 Å². The monoisotopic (exact) mass is 512 g/mol. The van der Waals surface area contributed by atoms with Gasteiger partial charge in [-0.25, -0.2) is 14.4 Å². The number of para-hydroxylation sites is 1. The lowest BCUT2D eigenvalue weighted by Gasteiger charge is -2.36. The van der Waals surface area contributed by atoms with Crippen molar-refractivity contribution in [2.75, 3.05) is 43.9 Å². The van der Waals surface area contributed by atoms with Gasteiger partial charge in [-0.3, -0.25) is 18.8 Å². The van der Waals surface area contributed by atoms with Crippen molar-refractivity contribution in [3.63, 3.8) is 0 Å². The number of rotatable bonds is 6. The molecule has 0 atom stereocenters. The third kappa shape index (κ3) is 7.96. The third-order valence-electron chi connectivity index (χ3n) is 5.29. The number of hydrogen-bond donors (Lipinski definition) is 2. The Bertz CT molecular complexity index is 1280. The summed E-state index contributed by atoms with van der Waals surface area (Å²) in [4.78, 5) is 46.6. The number of carboxylic acid groups (broad SMARTS) is 2. The summed E-state index contributed by atoms with van der Waals surface area (Å²) in [6.45, 7) is 3.70. The SMILES string of the molecule is Cn1c(N2CCN(CCc3ccccc3OS(C)(=O)=O)CC2)cc(=O)n(C)c1=O.O=C(O)C(=O)O. The highest BCUT2D eigenvalue weighted by Crippen LogP contribution is 2.21. The fourth-order valence-corrected chi connectivity index (χ4v) is 3.95. The van der Waals surface area contributed by atoms with Gasteiger partial charge < -0.3 is 19.3 Å². The smallest absolute Gasteiger partial charge is 0.414 e. The summed E-state index contributed by atoms with van der Waals surface area (Å²) in [5.74, 6) is -2.65. The minimum absolute atomic E-state index is 0.312. The Morgan fingerprint density at radius 3 is 2.09 bits per heavy atom. The maximum atomic E-state index is 12.1. The minimum Gasteiger partial charge on any atom is -0.473 e. The predicted molar refractivity (Wildman–Crippen MR) is 126 cm³/mol. The quantitative estimate of drug-likeness (QED) is 0.357. The molecule has 0 bridgehead atoms. The van der Waals surface area contributed by atoms with Gasteiger partial charge >= 0.3 is 27.7 Å². The van der Waals surface area contributed by atoms with Gasteiger partial charge in [-0.2, -0.15) is 8.42 Å². The van der Waals surface area contributed by atoms with Gasteiger partial charge in [0, 0.05) is 52.9 Å². The van der Waals surface area contributed by atoms with E-state index in [2.05, 4.69) is 4.90 Å². The number of piperazine rings is 1. The zero-order chi connectivity index (χ0) is 26.3. The van der Waals surface area contributed by atoms with Crippen molar-refractivity contribution in [1.29, 1.82) is 0 Å². The Labute approximate surface area is 201 Å². The van der Waals surface area contributed by atoms with Crippen molar-refractivity contribution in [2.24, 2.45) is 14.1 Å². The van der Waals surface area contributed by atoms with E-state index in [1.165, 1.54) is 17.7 Å². The molecule has 0 saturated carbocycles. The molecule has 0 radical (unpaired) electrons. The molecule has 1 aromatic carbocycles. The minimum atomic E-state index is -3.57. The van der Waals surface area contributed by atoms with Gasteiger partial charge in [0.25, 0.3) is 5.56 Å². The molecule has 1 fully saturated rings. The van der Waals surface area contributed by atoms with Crippen LogP contribution in [0.25, 0.3) is 0 Å². The zero-order valence-corrected chi connectivity index (χ0v) is 20.4. The molecule has 0 unspecified atom stereocenters. The lowest BCUT2D eigenvalue weighted by molar-refractivity contribution is -0.159. The van der Waals surface area contributed by atoms with Crippen LogP contribution in [0, 0.1) is 0 Å². The molecule has 2 N–H and O–H groups in total. The highest BCUT2D eigenvalue weighted by Gasteiger charge is 2.20. The van der Waals surface area contributed by atoms with Gasteiger partial charge in [-0.05, 0) is 18.1 Å². The molecular formula is C21H28N4O9S. The molecule has 1 saturated heterocycles. The van der Waals surface area contributed by atoms with Crippen LogP contribution in [0.5, 0.6) is 5.75 Å². The third-order valence-corrected chi connectivity index (χ3v) is 5.77. The van der Waals surface area contributed by atoms with E-state index in [0.29, 0.717) is 31.1 Å². The lowest BCUT2D eigenvalue weighted by atomic mass is 10.1. The van der Waals surface area contributed by atoms with Crippen LogP contribution in [0.2, 0.25) is 0 Å². The van der Waals surface area contributed by atoms with Gasteiger partial charge in [-0.1, -0.05) is 18.2 Å². The summed E-state index contributed by atoms with van der Waals surface area (Å²) in [6.07, 6.45) is 1.70. The van der Waals surface area contributed by atoms with E-state index in [1.807, 2.05) is 17.0 Å². The number of carbonyl (C=O) groups is 2. The van der Waals surface area contributed by atoms with Gasteiger partial charge in [0.15, 0.2) is 0 Å². The molecule has 35 heavy (non-hydrogen) atoms. The fraction of sp³-hybridized carbons (Fsp3) is 0.429. The van der Waals surface area contributed by atoms with Crippen molar-refractivity contribution in [2.45, 2.75) is 6.42 Å². The zero-order valence-electron chi connectivity index (χ0n) is 19.6. The Hall–Kier alpha value is -3.65. The number of nitrogens with zero attached hydrogens (tertiary/aromatic N) is 4. The molecule has 192 valence electrons. The molecule has 14 heteroatoms. The normalized spacial score (nSPS) is 14.1. The number of aliphatic carboxylic acids is 2. The van der Waals surface area contributed by atoms with Crippen LogP contribution >= 0.6 is 0 Å². The molecule has 1 aliphatic heterocycles. The van der Waals surface area contributed by atoms with E-state index < -0.39 is 22.1 Å². The van der Waals surface area contributed by atoms with Gasteiger partial charge in [0.1, 0.15) is 11.6 Å². The Morgan fingerprint density at radius 2 is 1.54 bits per heavy atom. The predicted octanol–water partition coefficient (Wildman–Crippen LogP) is -1.06. The van der Waals surface area contributed by atoms with Gasteiger partial charge in [-0.15, -0.1) is 0 Å². The largest absolute Gasteiger partial charge is 0.473 e. The molecule has 0 spiro atoms. The maximum Gasteiger partial charge on any atom is 0.414 e. The molecule has 2 heterocycles. The van der Waals surface area contributed by atoms with Crippen LogP contribution in [-0.4, -0.2) is 83.6 Å². The summed E-state index contributed by atoms with van der Waals surface area (Å²) in [7, 11) is -0.432. The second-order valence-corrected chi connectivity index (χ2v) is 9.40. The Morgan fingerprint density at radius 1 is 0.971 bits per heavy atom. The average Bonchev–Trinajstić information content (AvgIpc) is 2.79. The molecule has 1 aliphatic rings. The first kappa shape index (κ1) is 27.6. The second-order valence-electron chi connectivity index (χ2n) is 7.83. The van der Waals surface area contributed by atoms with E-state index in [4.69, 9.17) is 24.0 Å². The van der Waals surface area contributed by atoms with Crippen LogP contribution in [0.1, 0.15) is 5.56 Å². The first-order valence-corrected chi connectivity index (χ1v) is 12.3. The van der Waals surface area contributed by atoms with Crippen molar-refractivity contribution in [1.82, 2.24) is 14.0 Å². The van der Waals surface area contributed by atoms with Crippen LogP contribution in [0.4, 0.5) is 5.82 Å². The van der Waals surface area contributed by atoms with Crippen molar-refractivity contribution in [3.8, 4) is 5.75 Å². The Balaban J connectivity index is 0.000000641. The van der Waals surface area contributed by atoms with E-state index in [9.17, 15) is 18.0 Å². The molecule has 2 aromatic rings. The average molecular weight is 513 g/mol. The van der Waals surface area contributed by atoms with Crippen molar-refractivity contribution < 1.29 is 32.4 Å². The van der Waals surface area contributed by atoms with Crippen LogP contribution < -0.4 is 20.3 Å². The second kappa shape index (κ2) is 11.7. The standard InChI is InChI=1S/C19H26N4O5S.C2H2O4/c1-20-17(14-18(24)21(2)19(20)25)23-12-10-22(11-13-23)9-8-15-6-4-5-7-16(15)28-29(3,26)27;3-1(4)2(5)6/h4-7,14H,8-13H2,1-3H3;(H,3,4)(H,5,6). The van der Waals surface area contributed by atoms with Crippen LogP contribution in [-0.2, 0) is 40.2 Å². The number of carboxylic acids is 2. The summed E-state index contributed by atoms with van der Waals surface area (Å²) in [6, 6.07) is 8.63. The summed E-state index contributed by atoms with van der Waals surface area (Å²) in [5, 5.41) is 14.8. The first-order valence-electron chi connectivity index (χ1n) is 10.5. The molecule has 0 amide bonds.